The fraction of sp³-hybridized carbons (Fsp3) is 0.182. The average molecular weight is 304 g/mol. The number of hydrogen-bond donors (Lipinski definition) is 0. The lowest BCUT2D eigenvalue weighted by Crippen LogP contribution is -2.02. The number of halogens is 3. The van der Waals surface area contributed by atoms with E-state index in [2.05, 4.69) is 20.9 Å². The lowest BCUT2D eigenvalue weighted by atomic mass is 10.2. The first-order chi connectivity index (χ1) is 7.70. The van der Waals surface area contributed by atoms with Crippen molar-refractivity contribution in [1.29, 1.82) is 0 Å². The largest absolute Gasteiger partial charge is 0.330 e. The average Bonchev–Trinajstić information content (AvgIpc) is 2.71. The quantitative estimate of drug-likeness (QED) is 0.793. The molecule has 0 aliphatic rings. The van der Waals surface area contributed by atoms with E-state index in [4.69, 9.17) is 11.6 Å². The van der Waals surface area contributed by atoms with Crippen molar-refractivity contribution < 1.29 is 4.39 Å². The molecule has 2 nitrogen and oxygen atoms in total. The van der Waals surface area contributed by atoms with Crippen LogP contribution < -0.4 is 0 Å². The van der Waals surface area contributed by atoms with Gasteiger partial charge in [0.2, 0.25) is 0 Å². The molecule has 2 rings (SSSR count). The maximum absolute atomic E-state index is 13.0. The zero-order chi connectivity index (χ0) is 11.5. The number of aromatic nitrogens is 2. The Morgan fingerprint density at radius 1 is 1.44 bits per heavy atom. The molecule has 16 heavy (non-hydrogen) atoms. The molecule has 84 valence electrons. The van der Waals surface area contributed by atoms with Gasteiger partial charge in [-0.25, -0.2) is 9.37 Å². The van der Waals surface area contributed by atoms with E-state index in [1.807, 2.05) is 10.8 Å². The lowest BCUT2D eigenvalue weighted by molar-refractivity contribution is 0.619. The molecule has 2 aromatic rings. The Balaban J connectivity index is 2.24. The predicted molar refractivity (Wildman–Crippen MR) is 65.0 cm³/mol. The second-order valence-electron chi connectivity index (χ2n) is 3.35. The van der Waals surface area contributed by atoms with Crippen molar-refractivity contribution in [2.75, 3.05) is 0 Å². The van der Waals surface area contributed by atoms with Crippen molar-refractivity contribution in [2.45, 2.75) is 12.4 Å². The standard InChI is InChI=1S/C11H9BrClFN2/c12-9-5-8(1-2-10(9)14)7-16-4-3-15-11(16)6-13/h1-5H,6-7H2. The molecule has 1 aromatic heterocycles. The van der Waals surface area contributed by atoms with Crippen molar-refractivity contribution in [1.82, 2.24) is 9.55 Å². The maximum atomic E-state index is 13.0. The van der Waals surface area contributed by atoms with E-state index in [9.17, 15) is 4.39 Å². The summed E-state index contributed by atoms with van der Waals surface area (Å²) >= 11 is 8.90. The molecular weight excluding hydrogens is 294 g/mol. The van der Waals surface area contributed by atoms with Gasteiger partial charge in [-0.3, -0.25) is 0 Å². The first-order valence-corrected chi connectivity index (χ1v) is 6.03. The highest BCUT2D eigenvalue weighted by molar-refractivity contribution is 9.10. The molecule has 5 heteroatoms. The third kappa shape index (κ3) is 2.44. The van der Waals surface area contributed by atoms with Crippen molar-refractivity contribution >= 4 is 27.5 Å². The highest BCUT2D eigenvalue weighted by atomic mass is 79.9. The molecule has 0 radical (unpaired) electrons. The Labute approximate surface area is 106 Å². The predicted octanol–water partition coefficient (Wildman–Crippen LogP) is 3.57. The van der Waals surface area contributed by atoms with Crippen LogP contribution in [0.15, 0.2) is 35.1 Å². The van der Waals surface area contributed by atoms with Gasteiger partial charge >= 0.3 is 0 Å². The molecule has 0 aliphatic heterocycles. The van der Waals surface area contributed by atoms with Crippen LogP contribution in [-0.4, -0.2) is 9.55 Å². The van der Waals surface area contributed by atoms with Crippen molar-refractivity contribution in [3.63, 3.8) is 0 Å². The van der Waals surface area contributed by atoms with Crippen LogP contribution in [0.25, 0.3) is 0 Å². The van der Waals surface area contributed by atoms with Gasteiger partial charge in [0, 0.05) is 18.9 Å². The minimum atomic E-state index is -0.257. The summed E-state index contributed by atoms with van der Waals surface area (Å²) < 4.78 is 15.4. The van der Waals surface area contributed by atoms with Crippen LogP contribution in [0.3, 0.4) is 0 Å². The van der Waals surface area contributed by atoms with Crippen LogP contribution in [0.4, 0.5) is 4.39 Å². The Kier molecular flexibility index (Phi) is 3.61. The summed E-state index contributed by atoms with van der Waals surface area (Å²) in [5, 5.41) is 0. The van der Waals surface area contributed by atoms with Gasteiger partial charge in [-0.15, -0.1) is 11.6 Å². The Morgan fingerprint density at radius 3 is 2.94 bits per heavy atom. The highest BCUT2D eigenvalue weighted by Crippen LogP contribution is 2.18. The summed E-state index contributed by atoms with van der Waals surface area (Å²) in [6, 6.07) is 4.95. The summed E-state index contributed by atoms with van der Waals surface area (Å²) in [4.78, 5) is 4.12. The zero-order valence-corrected chi connectivity index (χ0v) is 10.7. The summed E-state index contributed by atoms with van der Waals surface area (Å²) in [7, 11) is 0. The third-order valence-electron chi connectivity index (χ3n) is 2.26. The van der Waals surface area contributed by atoms with E-state index >= 15 is 0 Å². The second-order valence-corrected chi connectivity index (χ2v) is 4.48. The van der Waals surface area contributed by atoms with Gasteiger partial charge in [0.1, 0.15) is 11.6 Å². The lowest BCUT2D eigenvalue weighted by Gasteiger charge is -2.06. The smallest absolute Gasteiger partial charge is 0.137 e. The molecule has 0 saturated carbocycles. The first-order valence-electron chi connectivity index (χ1n) is 4.70. The number of imidazole rings is 1. The highest BCUT2D eigenvalue weighted by Gasteiger charge is 2.04. The number of benzene rings is 1. The van der Waals surface area contributed by atoms with Gasteiger partial charge in [0.25, 0.3) is 0 Å². The van der Waals surface area contributed by atoms with Crippen molar-refractivity contribution in [2.24, 2.45) is 0 Å². The fourth-order valence-electron chi connectivity index (χ4n) is 1.45. The summed E-state index contributed by atoms with van der Waals surface area (Å²) in [6.07, 6.45) is 3.56. The van der Waals surface area contributed by atoms with Gasteiger partial charge in [0.05, 0.1) is 10.4 Å². The topological polar surface area (TPSA) is 17.8 Å². The van der Waals surface area contributed by atoms with Gasteiger partial charge in [-0.1, -0.05) is 6.07 Å². The summed E-state index contributed by atoms with van der Waals surface area (Å²) in [5.74, 6) is 0.920. The molecule has 0 atom stereocenters. The Hall–Kier alpha value is -0.870. The van der Waals surface area contributed by atoms with E-state index in [1.54, 1.807) is 18.3 Å². The number of rotatable bonds is 3. The van der Waals surface area contributed by atoms with E-state index in [-0.39, 0.29) is 5.82 Å². The minimum absolute atomic E-state index is 0.257. The maximum Gasteiger partial charge on any atom is 0.137 e. The molecule has 0 saturated heterocycles. The Morgan fingerprint density at radius 2 is 2.25 bits per heavy atom. The van der Waals surface area contributed by atoms with E-state index in [0.29, 0.717) is 16.9 Å². The van der Waals surface area contributed by atoms with Gasteiger partial charge in [-0.2, -0.15) is 0 Å². The molecule has 0 unspecified atom stereocenters. The van der Waals surface area contributed by atoms with Crippen LogP contribution in [-0.2, 0) is 12.4 Å². The molecule has 0 aliphatic carbocycles. The van der Waals surface area contributed by atoms with E-state index in [1.165, 1.54) is 6.07 Å². The van der Waals surface area contributed by atoms with Gasteiger partial charge in [0.15, 0.2) is 0 Å². The van der Waals surface area contributed by atoms with Gasteiger partial charge < -0.3 is 4.57 Å². The monoisotopic (exact) mass is 302 g/mol. The molecule has 0 N–H and O–H groups in total. The number of hydrogen-bond acceptors (Lipinski definition) is 1. The van der Waals surface area contributed by atoms with Crippen LogP contribution in [0.1, 0.15) is 11.4 Å². The summed E-state index contributed by atoms with van der Waals surface area (Å²) in [5.41, 5.74) is 0.998. The summed E-state index contributed by atoms with van der Waals surface area (Å²) in [6.45, 7) is 0.640. The number of alkyl halides is 1. The first kappa shape index (κ1) is 11.6. The third-order valence-corrected chi connectivity index (χ3v) is 3.10. The molecular formula is C11H9BrClFN2. The zero-order valence-electron chi connectivity index (χ0n) is 8.33. The molecule has 0 amide bonds. The van der Waals surface area contributed by atoms with Crippen molar-refractivity contribution in [3.05, 3.63) is 52.3 Å². The Bertz CT molecular complexity index is 498. The SMILES string of the molecule is Fc1ccc(Cn2ccnc2CCl)cc1Br. The van der Waals surface area contributed by atoms with Crippen LogP contribution in [0.2, 0.25) is 0 Å². The van der Waals surface area contributed by atoms with Crippen LogP contribution in [0, 0.1) is 5.82 Å². The molecule has 1 aromatic carbocycles. The fourth-order valence-corrected chi connectivity index (χ4v) is 2.10. The molecule has 0 fully saturated rings. The molecule has 0 spiro atoms. The van der Waals surface area contributed by atoms with Gasteiger partial charge in [-0.05, 0) is 33.6 Å². The van der Waals surface area contributed by atoms with Crippen LogP contribution in [0.5, 0.6) is 0 Å². The normalized spacial score (nSPS) is 10.7. The van der Waals surface area contributed by atoms with Crippen LogP contribution >= 0.6 is 27.5 Å². The van der Waals surface area contributed by atoms with E-state index in [0.717, 1.165) is 11.4 Å². The minimum Gasteiger partial charge on any atom is -0.330 e. The molecule has 1 heterocycles. The van der Waals surface area contributed by atoms with Crippen molar-refractivity contribution in [3.8, 4) is 0 Å². The van der Waals surface area contributed by atoms with E-state index < -0.39 is 0 Å². The second kappa shape index (κ2) is 4.97. The number of nitrogens with zero attached hydrogens (tertiary/aromatic N) is 2. The molecule has 0 bridgehead atoms.